The molecule has 0 aromatic heterocycles. The van der Waals surface area contributed by atoms with E-state index in [-0.39, 0.29) is 5.91 Å². The number of nitrogens with one attached hydrogen (secondary N) is 2. The van der Waals surface area contributed by atoms with E-state index >= 15 is 0 Å². The van der Waals surface area contributed by atoms with Crippen LogP contribution in [0.25, 0.3) is 0 Å². The normalized spacial score (nSPS) is 15.4. The summed E-state index contributed by atoms with van der Waals surface area (Å²) in [5.74, 6) is 1.89. The van der Waals surface area contributed by atoms with E-state index in [4.69, 9.17) is 4.74 Å². The molecule has 1 aromatic carbocycles. The monoisotopic (exact) mass is 389 g/mol. The van der Waals surface area contributed by atoms with Gasteiger partial charge >= 0.3 is 0 Å². The maximum atomic E-state index is 11.4. The van der Waals surface area contributed by atoms with Crippen LogP contribution in [0.15, 0.2) is 23.2 Å². The summed E-state index contributed by atoms with van der Waals surface area (Å²) < 4.78 is 5.88. The third kappa shape index (κ3) is 7.03. The molecule has 1 saturated heterocycles. The molecular weight excluding hydrogens is 354 g/mol. The van der Waals surface area contributed by atoms with Gasteiger partial charge in [-0.3, -0.25) is 14.7 Å². The fraction of sp³-hybridized carbons (Fsp3) is 0.619. The van der Waals surface area contributed by atoms with Gasteiger partial charge in [0, 0.05) is 65.3 Å². The lowest BCUT2D eigenvalue weighted by Gasteiger charge is -2.34. The SMILES string of the molecule is CCCOc1cc(C)ccc1CNC(=NC)NCCN1CCN(C(C)=O)CC1. The van der Waals surface area contributed by atoms with Crippen molar-refractivity contribution in [1.29, 1.82) is 0 Å². The van der Waals surface area contributed by atoms with Crippen LogP contribution in [0, 0.1) is 6.92 Å². The highest BCUT2D eigenvalue weighted by Gasteiger charge is 2.17. The number of hydrogen-bond donors (Lipinski definition) is 2. The summed E-state index contributed by atoms with van der Waals surface area (Å²) in [5, 5.41) is 6.74. The highest BCUT2D eigenvalue weighted by Crippen LogP contribution is 2.20. The number of ether oxygens (including phenoxy) is 1. The number of aryl methyl sites for hydroxylation is 1. The highest BCUT2D eigenvalue weighted by molar-refractivity contribution is 5.79. The van der Waals surface area contributed by atoms with Gasteiger partial charge in [0.1, 0.15) is 5.75 Å². The Morgan fingerprint density at radius 3 is 2.61 bits per heavy atom. The molecule has 0 unspecified atom stereocenters. The smallest absolute Gasteiger partial charge is 0.219 e. The molecular formula is C21H35N5O2. The van der Waals surface area contributed by atoms with Crippen LogP contribution >= 0.6 is 0 Å². The topological polar surface area (TPSA) is 69.2 Å². The van der Waals surface area contributed by atoms with Crippen LogP contribution in [0.5, 0.6) is 5.75 Å². The number of aliphatic imine (C=N–C) groups is 1. The number of guanidine groups is 1. The molecule has 1 fully saturated rings. The lowest BCUT2D eigenvalue weighted by atomic mass is 10.1. The maximum Gasteiger partial charge on any atom is 0.219 e. The van der Waals surface area contributed by atoms with Gasteiger partial charge in [0.05, 0.1) is 6.61 Å². The average Bonchev–Trinajstić information content (AvgIpc) is 2.70. The Bertz CT molecular complexity index is 654. The summed E-state index contributed by atoms with van der Waals surface area (Å²) in [5.41, 5.74) is 2.32. The quantitative estimate of drug-likeness (QED) is 0.522. The molecule has 1 aromatic rings. The molecule has 1 aliphatic heterocycles. The van der Waals surface area contributed by atoms with E-state index in [0.29, 0.717) is 6.54 Å². The first kappa shape index (κ1) is 22.0. The zero-order valence-electron chi connectivity index (χ0n) is 17.8. The average molecular weight is 390 g/mol. The van der Waals surface area contributed by atoms with Crippen molar-refractivity contribution in [2.45, 2.75) is 33.7 Å². The first-order valence-corrected chi connectivity index (χ1v) is 10.2. The first-order chi connectivity index (χ1) is 13.5. The van der Waals surface area contributed by atoms with Gasteiger partial charge in [-0.1, -0.05) is 19.1 Å². The highest BCUT2D eigenvalue weighted by atomic mass is 16.5. The van der Waals surface area contributed by atoms with Crippen LogP contribution in [0.4, 0.5) is 0 Å². The molecule has 28 heavy (non-hydrogen) atoms. The molecule has 0 spiro atoms. The van der Waals surface area contributed by atoms with E-state index < -0.39 is 0 Å². The first-order valence-electron chi connectivity index (χ1n) is 10.2. The van der Waals surface area contributed by atoms with Gasteiger partial charge in [-0.25, -0.2) is 0 Å². The molecule has 2 rings (SSSR count). The Hall–Kier alpha value is -2.28. The number of carbonyl (C=O) groups excluding carboxylic acids is 1. The van der Waals surface area contributed by atoms with Crippen LogP contribution in [0.2, 0.25) is 0 Å². The number of rotatable bonds is 8. The van der Waals surface area contributed by atoms with Crippen molar-refractivity contribution in [3.8, 4) is 5.75 Å². The standard InChI is InChI=1S/C21H35N5O2/c1-5-14-28-20-15-17(2)6-7-19(20)16-24-21(22-4)23-8-9-25-10-12-26(13-11-25)18(3)27/h6-7,15H,5,8-14,16H2,1-4H3,(H2,22,23,24). The molecule has 0 radical (unpaired) electrons. The van der Waals surface area contributed by atoms with Crippen LogP contribution in [0.3, 0.4) is 0 Å². The van der Waals surface area contributed by atoms with Gasteiger partial charge in [0.2, 0.25) is 5.91 Å². The second-order valence-corrected chi connectivity index (χ2v) is 7.16. The molecule has 7 heteroatoms. The third-order valence-corrected chi connectivity index (χ3v) is 4.89. The largest absolute Gasteiger partial charge is 0.493 e. The van der Waals surface area contributed by atoms with Crippen molar-refractivity contribution >= 4 is 11.9 Å². The molecule has 2 N–H and O–H groups in total. The van der Waals surface area contributed by atoms with E-state index in [9.17, 15) is 4.79 Å². The van der Waals surface area contributed by atoms with E-state index in [1.165, 1.54) is 5.56 Å². The van der Waals surface area contributed by atoms with Crippen molar-refractivity contribution in [3.05, 3.63) is 29.3 Å². The molecule has 0 aliphatic carbocycles. The Labute approximate surface area is 169 Å². The minimum atomic E-state index is 0.167. The summed E-state index contributed by atoms with van der Waals surface area (Å²) in [6.07, 6.45) is 0.991. The Kier molecular flexibility index (Phi) is 9.07. The molecule has 7 nitrogen and oxygen atoms in total. The third-order valence-electron chi connectivity index (χ3n) is 4.89. The van der Waals surface area contributed by atoms with E-state index in [1.807, 2.05) is 4.90 Å². The number of amides is 1. The van der Waals surface area contributed by atoms with Crippen LogP contribution < -0.4 is 15.4 Å². The minimum absolute atomic E-state index is 0.167. The molecule has 0 atom stereocenters. The predicted molar refractivity (Wildman–Crippen MR) is 114 cm³/mol. The van der Waals surface area contributed by atoms with Gasteiger partial charge in [-0.15, -0.1) is 0 Å². The Morgan fingerprint density at radius 2 is 1.96 bits per heavy atom. The van der Waals surface area contributed by atoms with Crippen molar-refractivity contribution in [1.82, 2.24) is 20.4 Å². The number of piperazine rings is 1. The Balaban J connectivity index is 1.75. The summed E-state index contributed by atoms with van der Waals surface area (Å²) in [7, 11) is 1.78. The lowest BCUT2D eigenvalue weighted by Crippen LogP contribution is -2.50. The number of hydrogen-bond acceptors (Lipinski definition) is 4. The van der Waals surface area contributed by atoms with E-state index in [0.717, 1.165) is 69.6 Å². The molecule has 156 valence electrons. The van der Waals surface area contributed by atoms with Crippen LogP contribution in [0.1, 0.15) is 31.4 Å². The zero-order chi connectivity index (χ0) is 20.4. The number of nitrogens with zero attached hydrogens (tertiary/aromatic N) is 3. The van der Waals surface area contributed by atoms with Crippen molar-refractivity contribution in [2.24, 2.45) is 4.99 Å². The van der Waals surface area contributed by atoms with Crippen LogP contribution in [-0.4, -0.2) is 74.6 Å². The Morgan fingerprint density at radius 1 is 1.21 bits per heavy atom. The maximum absolute atomic E-state index is 11.4. The number of carbonyl (C=O) groups is 1. The van der Waals surface area contributed by atoms with E-state index in [1.54, 1.807) is 14.0 Å². The fourth-order valence-electron chi connectivity index (χ4n) is 3.17. The molecule has 0 bridgehead atoms. The van der Waals surface area contributed by atoms with Gasteiger partial charge in [0.15, 0.2) is 5.96 Å². The fourth-order valence-corrected chi connectivity index (χ4v) is 3.17. The van der Waals surface area contributed by atoms with Crippen molar-refractivity contribution in [2.75, 3.05) is 52.9 Å². The second kappa shape index (κ2) is 11.5. The molecule has 1 aliphatic rings. The second-order valence-electron chi connectivity index (χ2n) is 7.16. The summed E-state index contributed by atoms with van der Waals surface area (Å²) in [6.45, 7) is 12.4. The lowest BCUT2D eigenvalue weighted by molar-refractivity contribution is -0.130. The van der Waals surface area contributed by atoms with E-state index in [2.05, 4.69) is 52.6 Å². The summed E-state index contributed by atoms with van der Waals surface area (Å²) in [4.78, 5) is 20.0. The van der Waals surface area contributed by atoms with Gasteiger partial charge in [-0.2, -0.15) is 0 Å². The van der Waals surface area contributed by atoms with Gasteiger partial charge in [0.25, 0.3) is 0 Å². The number of benzene rings is 1. The minimum Gasteiger partial charge on any atom is -0.493 e. The van der Waals surface area contributed by atoms with Crippen molar-refractivity contribution in [3.63, 3.8) is 0 Å². The summed E-state index contributed by atoms with van der Waals surface area (Å²) >= 11 is 0. The molecule has 1 amide bonds. The van der Waals surface area contributed by atoms with Gasteiger partial charge < -0.3 is 20.3 Å². The van der Waals surface area contributed by atoms with Crippen LogP contribution in [-0.2, 0) is 11.3 Å². The molecule has 1 heterocycles. The molecule has 0 saturated carbocycles. The van der Waals surface area contributed by atoms with Crippen molar-refractivity contribution < 1.29 is 9.53 Å². The zero-order valence-corrected chi connectivity index (χ0v) is 17.8. The predicted octanol–water partition coefficient (Wildman–Crippen LogP) is 1.61. The summed E-state index contributed by atoms with van der Waals surface area (Å²) in [6, 6.07) is 6.30. The van der Waals surface area contributed by atoms with Gasteiger partial charge in [-0.05, 0) is 25.0 Å².